The first-order valence-electron chi connectivity index (χ1n) is 12.3. The van der Waals surface area contributed by atoms with Gasteiger partial charge in [0.05, 0.1) is 16.0 Å². The fraction of sp³-hybridized carbons (Fsp3) is 0.0303. The molecule has 7 aromatic carbocycles. The first-order valence-corrected chi connectivity index (χ1v) is 12.3. The Morgan fingerprint density at radius 2 is 1.30 bits per heavy atom. The first-order chi connectivity index (χ1) is 19.4. The lowest BCUT2D eigenvalue weighted by Crippen LogP contribution is -2.06. The molecule has 7 aromatic rings. The molecule has 0 amide bonds. The SMILES string of the molecule is [C-]#[N+]N=c1c2cc(-c3cccc4ccccc34)ccc2c2cc3c(=NC#N)c4cc(C(F)(F)F)ccc4c3cc12. The van der Waals surface area contributed by atoms with Gasteiger partial charge in [-0.05, 0) is 73.8 Å². The highest BCUT2D eigenvalue weighted by Gasteiger charge is 2.31. The summed E-state index contributed by atoms with van der Waals surface area (Å²) >= 11 is 0. The minimum atomic E-state index is -4.53. The van der Waals surface area contributed by atoms with Gasteiger partial charge in [0.15, 0.2) is 5.36 Å². The molecule has 0 aliphatic heterocycles. The van der Waals surface area contributed by atoms with E-state index < -0.39 is 11.7 Å². The number of alkyl halides is 3. The summed E-state index contributed by atoms with van der Waals surface area (Å²) in [4.78, 5) is 7.26. The summed E-state index contributed by atoms with van der Waals surface area (Å²) in [6, 6.07) is 27.5. The monoisotopic (exact) mass is 524 g/mol. The largest absolute Gasteiger partial charge is 0.416 e. The van der Waals surface area contributed by atoms with Crippen LogP contribution < -0.4 is 10.7 Å². The average Bonchev–Trinajstić information content (AvgIpc) is 3.42. The molecule has 4 nitrogen and oxygen atoms in total. The van der Waals surface area contributed by atoms with Crippen molar-refractivity contribution in [2.75, 3.05) is 0 Å². The Morgan fingerprint density at radius 1 is 0.650 bits per heavy atom. The Balaban J connectivity index is 1.59. The van der Waals surface area contributed by atoms with E-state index in [0.29, 0.717) is 26.9 Å². The molecule has 0 aliphatic rings. The molecule has 0 N–H and O–H groups in total. The molecule has 0 spiro atoms. The molecule has 0 aromatic heterocycles. The van der Waals surface area contributed by atoms with Crippen molar-refractivity contribution in [1.29, 1.82) is 5.26 Å². The molecule has 0 heterocycles. The Labute approximate surface area is 224 Å². The smallest absolute Gasteiger partial charge is 0.181 e. The fourth-order valence-corrected chi connectivity index (χ4v) is 5.83. The molecule has 0 unspecified atom stereocenters. The van der Waals surface area contributed by atoms with Crippen LogP contribution in [0.15, 0.2) is 101 Å². The van der Waals surface area contributed by atoms with Crippen LogP contribution in [0.4, 0.5) is 13.2 Å². The molecule has 188 valence electrons. The average molecular weight is 525 g/mol. The van der Waals surface area contributed by atoms with Crippen LogP contribution in [0.25, 0.3) is 69.9 Å². The van der Waals surface area contributed by atoms with Crippen LogP contribution in [0.2, 0.25) is 0 Å². The number of rotatable bonds is 1. The molecule has 7 rings (SSSR count). The zero-order chi connectivity index (χ0) is 27.6. The Hall–Kier alpha value is -5.53. The van der Waals surface area contributed by atoms with Crippen LogP contribution >= 0.6 is 0 Å². The van der Waals surface area contributed by atoms with E-state index in [-0.39, 0.29) is 10.7 Å². The molecule has 0 saturated heterocycles. The van der Waals surface area contributed by atoms with Crippen molar-refractivity contribution >= 4 is 53.9 Å². The van der Waals surface area contributed by atoms with E-state index in [1.165, 1.54) is 6.07 Å². The lowest BCUT2D eigenvalue weighted by atomic mass is 9.97. The molecule has 7 heteroatoms. The van der Waals surface area contributed by atoms with Crippen molar-refractivity contribution in [1.82, 2.24) is 0 Å². The predicted octanol–water partition coefficient (Wildman–Crippen LogP) is 8.13. The minimum Gasteiger partial charge on any atom is -0.181 e. The fourth-order valence-electron chi connectivity index (χ4n) is 5.83. The number of hydrogen-bond acceptors (Lipinski definition) is 3. The van der Waals surface area contributed by atoms with Gasteiger partial charge in [0.1, 0.15) is 0 Å². The number of nitrogens with zero attached hydrogens (tertiary/aromatic N) is 4. The molecular weight excluding hydrogens is 509 g/mol. The van der Waals surface area contributed by atoms with Gasteiger partial charge in [-0.25, -0.2) is 0 Å². The molecule has 0 fully saturated rings. The molecule has 0 atom stereocenters. The van der Waals surface area contributed by atoms with E-state index in [2.05, 4.69) is 39.3 Å². The van der Waals surface area contributed by atoms with E-state index in [1.54, 1.807) is 6.19 Å². The number of benzene rings is 5. The van der Waals surface area contributed by atoms with Gasteiger partial charge < -0.3 is 0 Å². The number of nitriles is 1. The maximum atomic E-state index is 13.5. The van der Waals surface area contributed by atoms with Gasteiger partial charge in [-0.2, -0.15) is 30.0 Å². The highest BCUT2D eigenvalue weighted by Crippen LogP contribution is 2.37. The molecule has 0 radical (unpaired) electrons. The van der Waals surface area contributed by atoms with Gasteiger partial charge in [0, 0.05) is 21.5 Å². The van der Waals surface area contributed by atoms with Gasteiger partial charge in [-0.3, -0.25) is 0 Å². The van der Waals surface area contributed by atoms with Crippen molar-refractivity contribution in [2.45, 2.75) is 6.18 Å². The van der Waals surface area contributed by atoms with Crippen molar-refractivity contribution in [3.8, 4) is 17.3 Å². The van der Waals surface area contributed by atoms with Crippen LogP contribution in [0, 0.1) is 18.0 Å². The lowest BCUT2D eigenvalue weighted by molar-refractivity contribution is -0.137. The summed E-state index contributed by atoms with van der Waals surface area (Å²) in [6.45, 7) is 7.49. The second kappa shape index (κ2) is 8.49. The zero-order valence-corrected chi connectivity index (χ0v) is 20.6. The third kappa shape index (κ3) is 3.38. The van der Waals surface area contributed by atoms with E-state index in [1.807, 2.05) is 48.5 Å². The van der Waals surface area contributed by atoms with Crippen LogP contribution in [0.5, 0.6) is 0 Å². The standard InChI is InChI=1S/C33H15F3N4/c1-38-40-32-27-13-19(22-8-4-6-18-5-2-3-7-21(18)22)9-11-23(27)26-15-29-25(16-30(26)32)24-12-10-20(33(34,35)36)14-28(24)31(29)39-17-37/h2-16H. The number of fused-ring (bicyclic) bond motifs is 7. The third-order valence-corrected chi connectivity index (χ3v) is 7.54. The van der Waals surface area contributed by atoms with Gasteiger partial charge in [0.25, 0.3) is 0 Å². The maximum Gasteiger partial charge on any atom is 0.416 e. The first kappa shape index (κ1) is 23.6. The third-order valence-electron chi connectivity index (χ3n) is 7.54. The van der Waals surface area contributed by atoms with Crippen molar-refractivity contribution in [2.24, 2.45) is 10.1 Å². The van der Waals surface area contributed by atoms with Gasteiger partial charge in [0.2, 0.25) is 6.19 Å². The Kier molecular flexibility index (Phi) is 5.00. The second-order valence-electron chi connectivity index (χ2n) is 9.60. The Bertz CT molecular complexity index is 2390. The van der Waals surface area contributed by atoms with Crippen LogP contribution in [0.3, 0.4) is 0 Å². The molecule has 0 aliphatic carbocycles. The van der Waals surface area contributed by atoms with Crippen molar-refractivity contribution in [3.63, 3.8) is 0 Å². The number of halogens is 3. The quantitative estimate of drug-likeness (QED) is 0.122. The van der Waals surface area contributed by atoms with Crippen LogP contribution in [0.1, 0.15) is 5.56 Å². The highest BCUT2D eigenvalue weighted by molar-refractivity contribution is 6.21. The van der Waals surface area contributed by atoms with E-state index in [9.17, 15) is 18.4 Å². The summed E-state index contributed by atoms with van der Waals surface area (Å²) in [5, 5.41) is 21.6. The van der Waals surface area contributed by atoms with Gasteiger partial charge >= 0.3 is 6.18 Å². The van der Waals surface area contributed by atoms with E-state index in [4.69, 9.17) is 6.57 Å². The van der Waals surface area contributed by atoms with Crippen molar-refractivity contribution < 1.29 is 13.2 Å². The predicted molar refractivity (Wildman–Crippen MR) is 150 cm³/mol. The van der Waals surface area contributed by atoms with Crippen LogP contribution in [-0.4, -0.2) is 0 Å². The topological polar surface area (TPSA) is 52.9 Å². The lowest BCUT2D eigenvalue weighted by Gasteiger charge is -2.07. The summed E-state index contributed by atoms with van der Waals surface area (Å²) < 4.78 is 40.5. The summed E-state index contributed by atoms with van der Waals surface area (Å²) in [5.41, 5.74) is 1.23. The summed E-state index contributed by atoms with van der Waals surface area (Å²) in [6.07, 6.45) is -2.78. The second-order valence-corrected chi connectivity index (χ2v) is 9.60. The van der Waals surface area contributed by atoms with E-state index >= 15 is 0 Å². The minimum absolute atomic E-state index is 0.200. The van der Waals surface area contributed by atoms with Crippen LogP contribution in [-0.2, 0) is 6.18 Å². The maximum absolute atomic E-state index is 13.5. The molecule has 0 saturated carbocycles. The van der Waals surface area contributed by atoms with E-state index in [0.717, 1.165) is 50.2 Å². The summed E-state index contributed by atoms with van der Waals surface area (Å²) in [7, 11) is 0. The Morgan fingerprint density at radius 3 is 2.02 bits per heavy atom. The highest BCUT2D eigenvalue weighted by atomic mass is 19.4. The molecular formula is C33H15F3N4. The van der Waals surface area contributed by atoms with Crippen molar-refractivity contribution in [3.05, 3.63) is 119 Å². The summed E-state index contributed by atoms with van der Waals surface area (Å²) in [5.74, 6) is 0. The van der Waals surface area contributed by atoms with Gasteiger partial charge in [-0.15, -0.1) is 4.95 Å². The normalized spacial score (nSPS) is 13.1. The van der Waals surface area contributed by atoms with Gasteiger partial charge in [-0.1, -0.05) is 60.7 Å². The molecule has 40 heavy (non-hydrogen) atoms. The molecule has 0 bridgehead atoms. The number of hydrogen-bond donors (Lipinski definition) is 0. The zero-order valence-electron chi connectivity index (χ0n) is 20.6.